The van der Waals surface area contributed by atoms with Crippen LogP contribution >= 0.6 is 0 Å². The molecule has 9 heavy (non-hydrogen) atoms. The highest BCUT2D eigenvalue weighted by Crippen LogP contribution is 2.00. The van der Waals surface area contributed by atoms with Crippen LogP contribution in [0.1, 0.15) is 26.7 Å². The normalized spacial score (nSPS) is 12.4. The molecule has 0 rings (SSSR count). The van der Waals surface area contributed by atoms with Crippen molar-refractivity contribution in [1.29, 1.82) is 0 Å². The molecule has 0 heterocycles. The van der Waals surface area contributed by atoms with Gasteiger partial charge < -0.3 is 4.43 Å². The Morgan fingerprint density at radius 3 is 2.56 bits per heavy atom. The van der Waals surface area contributed by atoms with E-state index in [0.717, 1.165) is 29.9 Å². The predicted octanol–water partition coefficient (Wildman–Crippen LogP) is 1.03. The minimum absolute atomic E-state index is 0.858. The standard InChI is InChI=1S/C7H16OSi/c1-3-5-7(4-2)6-8-9/h5H,3-4,6H2,1-2,9H3. The van der Waals surface area contributed by atoms with Crippen LogP contribution < -0.4 is 0 Å². The maximum absolute atomic E-state index is 5.12. The third-order valence-corrected chi connectivity index (χ3v) is 1.57. The van der Waals surface area contributed by atoms with Gasteiger partial charge in [0.15, 0.2) is 0 Å². The van der Waals surface area contributed by atoms with Gasteiger partial charge in [0.1, 0.15) is 10.5 Å². The summed E-state index contributed by atoms with van der Waals surface area (Å²) in [5.41, 5.74) is 1.44. The molecule has 0 aromatic heterocycles. The number of hydrogen-bond donors (Lipinski definition) is 0. The van der Waals surface area contributed by atoms with Gasteiger partial charge in [-0.2, -0.15) is 0 Å². The van der Waals surface area contributed by atoms with Crippen molar-refractivity contribution in [3.63, 3.8) is 0 Å². The van der Waals surface area contributed by atoms with Crippen molar-refractivity contribution < 1.29 is 4.43 Å². The Hall–Kier alpha value is -0.0831. The molecule has 0 aliphatic rings. The molecule has 0 aromatic carbocycles. The van der Waals surface area contributed by atoms with E-state index < -0.39 is 0 Å². The Kier molecular flexibility index (Phi) is 5.99. The molecule has 0 amide bonds. The fourth-order valence-electron chi connectivity index (χ4n) is 0.779. The lowest BCUT2D eigenvalue weighted by Gasteiger charge is -2.00. The maximum Gasteiger partial charge on any atom is 0.146 e. The summed E-state index contributed by atoms with van der Waals surface area (Å²) in [5.74, 6) is 0. The third kappa shape index (κ3) is 4.42. The van der Waals surface area contributed by atoms with Gasteiger partial charge in [0.05, 0.1) is 6.61 Å². The first kappa shape index (κ1) is 8.92. The molecular formula is C7H16OSi. The first-order chi connectivity index (χ1) is 4.35. The second-order valence-corrected chi connectivity index (χ2v) is 2.63. The highest BCUT2D eigenvalue weighted by Gasteiger charge is 1.88. The Morgan fingerprint density at radius 2 is 2.22 bits per heavy atom. The van der Waals surface area contributed by atoms with E-state index in [1.54, 1.807) is 0 Å². The van der Waals surface area contributed by atoms with Crippen LogP contribution in [0.25, 0.3) is 0 Å². The lowest BCUT2D eigenvalue weighted by atomic mass is 10.2. The van der Waals surface area contributed by atoms with Crippen LogP contribution in [-0.2, 0) is 4.43 Å². The molecule has 0 N–H and O–H groups in total. The fourth-order valence-corrected chi connectivity index (χ4v) is 1.15. The monoisotopic (exact) mass is 144 g/mol. The summed E-state index contributed by atoms with van der Waals surface area (Å²) in [6, 6.07) is 0. The molecule has 1 nitrogen and oxygen atoms in total. The summed E-state index contributed by atoms with van der Waals surface area (Å²) in [5, 5.41) is 0. The quantitative estimate of drug-likeness (QED) is 0.423. The number of rotatable bonds is 4. The zero-order valence-corrected chi connectivity index (χ0v) is 8.61. The molecule has 0 saturated carbocycles. The van der Waals surface area contributed by atoms with Crippen molar-refractivity contribution in [2.45, 2.75) is 26.7 Å². The lowest BCUT2D eigenvalue weighted by Crippen LogP contribution is -1.93. The minimum Gasteiger partial charge on any atom is -0.424 e. The average Bonchev–Trinajstić information content (AvgIpc) is 1.88. The minimum atomic E-state index is 0.858. The van der Waals surface area contributed by atoms with Gasteiger partial charge in [-0.3, -0.25) is 0 Å². The zero-order valence-electron chi connectivity index (χ0n) is 6.61. The Balaban J connectivity index is 3.53. The van der Waals surface area contributed by atoms with Gasteiger partial charge in [-0.25, -0.2) is 0 Å². The van der Waals surface area contributed by atoms with Crippen molar-refractivity contribution in [3.05, 3.63) is 11.6 Å². The molecule has 0 unspecified atom stereocenters. The molecule has 0 aliphatic heterocycles. The molecule has 0 aliphatic carbocycles. The molecule has 2 heteroatoms. The van der Waals surface area contributed by atoms with E-state index in [0.29, 0.717) is 0 Å². The van der Waals surface area contributed by atoms with E-state index in [1.807, 2.05) is 0 Å². The summed E-state index contributed by atoms with van der Waals surface area (Å²) in [6.45, 7) is 5.18. The van der Waals surface area contributed by atoms with E-state index in [2.05, 4.69) is 19.9 Å². The first-order valence-corrected chi connectivity index (χ1v) is 4.33. The molecule has 0 atom stereocenters. The van der Waals surface area contributed by atoms with Crippen LogP contribution in [0.4, 0.5) is 0 Å². The van der Waals surface area contributed by atoms with Gasteiger partial charge in [0.25, 0.3) is 0 Å². The van der Waals surface area contributed by atoms with E-state index in [-0.39, 0.29) is 0 Å². The summed E-state index contributed by atoms with van der Waals surface area (Å²) >= 11 is 0. The molecule has 0 fully saturated rings. The van der Waals surface area contributed by atoms with Crippen LogP contribution in [0.15, 0.2) is 11.6 Å². The van der Waals surface area contributed by atoms with Crippen molar-refractivity contribution in [3.8, 4) is 0 Å². The number of allylic oxidation sites excluding steroid dienone is 1. The fraction of sp³-hybridized carbons (Fsp3) is 0.714. The van der Waals surface area contributed by atoms with Crippen LogP contribution in [0.5, 0.6) is 0 Å². The second-order valence-electron chi connectivity index (χ2n) is 2.06. The smallest absolute Gasteiger partial charge is 0.146 e. The van der Waals surface area contributed by atoms with Gasteiger partial charge >= 0.3 is 0 Å². The van der Waals surface area contributed by atoms with Crippen LogP contribution in [0.3, 0.4) is 0 Å². The summed E-state index contributed by atoms with van der Waals surface area (Å²) in [6.07, 6.45) is 4.52. The Labute approximate surface area is 60.6 Å². The van der Waals surface area contributed by atoms with Gasteiger partial charge in [0.2, 0.25) is 0 Å². The summed E-state index contributed by atoms with van der Waals surface area (Å²) in [7, 11) is 0.858. The van der Waals surface area contributed by atoms with Crippen molar-refractivity contribution >= 4 is 10.5 Å². The molecule has 0 aromatic rings. The first-order valence-electron chi connectivity index (χ1n) is 3.52. The lowest BCUT2D eigenvalue weighted by molar-refractivity contribution is 0.384. The van der Waals surface area contributed by atoms with Crippen LogP contribution in [0, 0.1) is 0 Å². The Morgan fingerprint density at radius 1 is 1.56 bits per heavy atom. The van der Waals surface area contributed by atoms with Gasteiger partial charge in [-0.05, 0) is 12.8 Å². The van der Waals surface area contributed by atoms with Gasteiger partial charge in [0, 0.05) is 0 Å². The van der Waals surface area contributed by atoms with Gasteiger partial charge in [-0.15, -0.1) is 0 Å². The highest BCUT2D eigenvalue weighted by atomic mass is 28.2. The van der Waals surface area contributed by atoms with E-state index in [4.69, 9.17) is 4.43 Å². The Bertz CT molecular complexity index is 88.9. The summed E-state index contributed by atoms with van der Waals surface area (Å²) in [4.78, 5) is 0. The van der Waals surface area contributed by atoms with Crippen LogP contribution in [-0.4, -0.2) is 17.1 Å². The SMILES string of the molecule is CCC=C(CC)CO[SiH3]. The molecule has 0 spiro atoms. The second kappa shape index (κ2) is 6.04. The van der Waals surface area contributed by atoms with Crippen molar-refractivity contribution in [2.24, 2.45) is 0 Å². The van der Waals surface area contributed by atoms with E-state index in [1.165, 1.54) is 5.57 Å². The highest BCUT2D eigenvalue weighted by molar-refractivity contribution is 5.98. The third-order valence-electron chi connectivity index (χ3n) is 1.28. The number of hydrogen-bond acceptors (Lipinski definition) is 1. The van der Waals surface area contributed by atoms with Crippen LogP contribution in [0.2, 0.25) is 0 Å². The predicted molar refractivity (Wildman–Crippen MR) is 44.6 cm³/mol. The van der Waals surface area contributed by atoms with Crippen molar-refractivity contribution in [2.75, 3.05) is 6.61 Å². The van der Waals surface area contributed by atoms with E-state index in [9.17, 15) is 0 Å². The summed E-state index contributed by atoms with van der Waals surface area (Å²) < 4.78 is 5.12. The average molecular weight is 144 g/mol. The topological polar surface area (TPSA) is 9.23 Å². The molecule has 0 bridgehead atoms. The van der Waals surface area contributed by atoms with Crippen molar-refractivity contribution in [1.82, 2.24) is 0 Å². The molecular weight excluding hydrogens is 128 g/mol. The van der Waals surface area contributed by atoms with E-state index >= 15 is 0 Å². The zero-order chi connectivity index (χ0) is 7.11. The molecule has 0 radical (unpaired) electrons. The van der Waals surface area contributed by atoms with Gasteiger partial charge in [-0.1, -0.05) is 25.5 Å². The largest absolute Gasteiger partial charge is 0.424 e. The molecule has 0 saturated heterocycles. The maximum atomic E-state index is 5.12. The molecule has 54 valence electrons.